The summed E-state index contributed by atoms with van der Waals surface area (Å²) in [5.74, 6) is 0.370. The Labute approximate surface area is 245 Å². The van der Waals surface area contributed by atoms with Crippen molar-refractivity contribution in [2.24, 2.45) is 0 Å². The number of anilines is 1. The van der Waals surface area contributed by atoms with Crippen LogP contribution in [-0.2, 0) is 18.2 Å². The van der Waals surface area contributed by atoms with Crippen LogP contribution in [0.5, 0.6) is 0 Å². The van der Waals surface area contributed by atoms with E-state index >= 15 is 0 Å². The van der Waals surface area contributed by atoms with E-state index in [4.69, 9.17) is 17.3 Å². The first-order valence-corrected chi connectivity index (χ1v) is 14.4. The summed E-state index contributed by atoms with van der Waals surface area (Å²) < 4.78 is 76.8. The summed E-state index contributed by atoms with van der Waals surface area (Å²) in [5, 5.41) is 1.41. The number of thiophene rings is 2. The van der Waals surface area contributed by atoms with Crippen LogP contribution in [0.2, 0.25) is 0 Å². The van der Waals surface area contributed by atoms with Crippen LogP contribution in [0, 0.1) is 13.8 Å². The summed E-state index contributed by atoms with van der Waals surface area (Å²) in [6, 6.07) is 14.4. The third-order valence-electron chi connectivity index (χ3n) is 6.24. The molecule has 5 aromatic rings. The summed E-state index contributed by atoms with van der Waals surface area (Å²) in [7, 11) is 0. The van der Waals surface area contributed by atoms with Gasteiger partial charge in [0.05, 0.1) is 27.7 Å². The van der Waals surface area contributed by atoms with Crippen LogP contribution in [0.1, 0.15) is 50.7 Å². The van der Waals surface area contributed by atoms with Crippen LogP contribution in [0.15, 0.2) is 60.7 Å². The molecule has 216 valence electrons. The molecule has 0 spiro atoms. The molecule has 2 aromatic carbocycles. The van der Waals surface area contributed by atoms with Crippen molar-refractivity contribution in [3.05, 3.63) is 98.5 Å². The Morgan fingerprint density at radius 1 is 0.829 bits per heavy atom. The first-order valence-electron chi connectivity index (χ1n) is 12.2. The minimum Gasteiger partial charge on any atom is -0.390 e. The van der Waals surface area contributed by atoms with E-state index in [1.807, 2.05) is 32.9 Å². The monoisotopic (exact) mass is 627 g/mol. The second-order valence-corrected chi connectivity index (χ2v) is 12.1. The van der Waals surface area contributed by atoms with E-state index in [9.17, 15) is 26.3 Å². The topological polar surface area (TPSA) is 51.8 Å². The molecule has 12 heteroatoms. The molecule has 0 radical (unpaired) electrons. The highest BCUT2D eigenvalue weighted by atomic mass is 35.5. The van der Waals surface area contributed by atoms with Gasteiger partial charge in [0.25, 0.3) is 0 Å². The van der Waals surface area contributed by atoms with Gasteiger partial charge in [0.2, 0.25) is 0 Å². The van der Waals surface area contributed by atoms with Gasteiger partial charge in [-0.05, 0) is 55.3 Å². The standard InChI is InChI=1S/C15H10ClF3N2S.C14H14F3NS/c1-8-5-11-13(20-12(7-16)21-14(11)22-8)9-3-2-4-10(6-9)15(17,18)19;1-8-6-12(13(18)19-8)9(2)10-4-3-5-11(7-10)14(15,16)17/h2-6H,7H2,1H3;3-7,9H,18H2,1-2H3. The minimum atomic E-state index is -4.39. The number of nitrogens with two attached hydrogens (primary N) is 1. The molecule has 1 unspecified atom stereocenters. The molecule has 2 N–H and O–H groups in total. The molecule has 0 aliphatic carbocycles. The summed E-state index contributed by atoms with van der Waals surface area (Å²) in [6.45, 7) is 5.72. The second-order valence-electron chi connectivity index (χ2n) is 9.30. The lowest BCUT2D eigenvalue weighted by Gasteiger charge is -2.14. The number of halogens is 7. The van der Waals surface area contributed by atoms with Gasteiger partial charge in [0, 0.05) is 26.6 Å². The zero-order valence-corrected chi connectivity index (χ0v) is 24.4. The molecule has 0 saturated carbocycles. The number of rotatable bonds is 4. The first kappa shape index (κ1) is 30.8. The van der Waals surface area contributed by atoms with E-state index in [1.165, 1.54) is 40.9 Å². The molecule has 0 fully saturated rings. The number of hydrogen-bond donors (Lipinski definition) is 1. The van der Waals surface area contributed by atoms with Crippen molar-refractivity contribution >= 4 is 49.5 Å². The average molecular weight is 628 g/mol. The van der Waals surface area contributed by atoms with Crippen molar-refractivity contribution in [1.82, 2.24) is 9.97 Å². The molecule has 1 atom stereocenters. The van der Waals surface area contributed by atoms with E-state index in [1.54, 1.807) is 12.1 Å². The van der Waals surface area contributed by atoms with Gasteiger partial charge >= 0.3 is 12.4 Å². The molecule has 3 nitrogen and oxygen atoms in total. The average Bonchev–Trinajstić information content (AvgIpc) is 3.46. The molecule has 5 rings (SSSR count). The Morgan fingerprint density at radius 3 is 2.02 bits per heavy atom. The summed E-state index contributed by atoms with van der Waals surface area (Å²) >= 11 is 8.72. The van der Waals surface area contributed by atoms with Crippen molar-refractivity contribution < 1.29 is 26.3 Å². The molecular formula is C29H24ClF6N3S2. The summed E-state index contributed by atoms with van der Waals surface area (Å²) in [5.41, 5.74) is 6.99. The molecule has 0 saturated heterocycles. The minimum absolute atomic E-state index is 0.110. The predicted octanol–water partition coefficient (Wildman–Crippen LogP) is 10.2. The van der Waals surface area contributed by atoms with Gasteiger partial charge < -0.3 is 5.73 Å². The highest BCUT2D eigenvalue weighted by Gasteiger charge is 2.31. The first-order chi connectivity index (χ1) is 19.2. The van der Waals surface area contributed by atoms with Crippen molar-refractivity contribution in [3.63, 3.8) is 0 Å². The lowest BCUT2D eigenvalue weighted by atomic mass is 9.93. The molecular weight excluding hydrogens is 604 g/mol. The number of nitrogen functional groups attached to an aromatic ring is 1. The summed E-state index contributed by atoms with van der Waals surface area (Å²) in [6.07, 6.45) is -8.70. The van der Waals surface area contributed by atoms with E-state index < -0.39 is 23.5 Å². The number of benzene rings is 2. The smallest absolute Gasteiger partial charge is 0.390 e. The molecule has 0 aliphatic heterocycles. The quantitative estimate of drug-likeness (QED) is 0.159. The maximum atomic E-state index is 12.9. The zero-order valence-electron chi connectivity index (χ0n) is 22.0. The van der Waals surface area contributed by atoms with Crippen LogP contribution >= 0.6 is 34.3 Å². The largest absolute Gasteiger partial charge is 0.416 e. The maximum absolute atomic E-state index is 12.9. The van der Waals surface area contributed by atoms with Crippen molar-refractivity contribution in [1.29, 1.82) is 0 Å². The van der Waals surface area contributed by atoms with Gasteiger partial charge in [0.15, 0.2) is 0 Å². The van der Waals surface area contributed by atoms with Crippen LogP contribution in [0.3, 0.4) is 0 Å². The van der Waals surface area contributed by atoms with Gasteiger partial charge in [-0.3, -0.25) is 0 Å². The van der Waals surface area contributed by atoms with Gasteiger partial charge in [-0.2, -0.15) is 26.3 Å². The maximum Gasteiger partial charge on any atom is 0.416 e. The lowest BCUT2D eigenvalue weighted by Crippen LogP contribution is -2.06. The van der Waals surface area contributed by atoms with Crippen LogP contribution < -0.4 is 5.73 Å². The molecule has 0 bridgehead atoms. The number of fused-ring (bicyclic) bond motifs is 1. The molecule has 3 aromatic heterocycles. The number of alkyl halides is 7. The van der Waals surface area contributed by atoms with E-state index in [0.29, 0.717) is 27.6 Å². The number of hydrogen-bond acceptors (Lipinski definition) is 5. The SMILES string of the molecule is Cc1cc(C(C)c2cccc(C(F)(F)F)c2)c(N)s1.Cc1cc2c(-c3cccc(C(F)(F)F)c3)nc(CCl)nc2s1. The Hall–Kier alpha value is -3.15. The molecule has 3 heterocycles. The van der Waals surface area contributed by atoms with Crippen molar-refractivity contribution in [2.45, 2.75) is 44.9 Å². The van der Waals surface area contributed by atoms with Crippen molar-refractivity contribution in [3.8, 4) is 11.3 Å². The second kappa shape index (κ2) is 12.0. The van der Waals surface area contributed by atoms with E-state index in [0.717, 1.165) is 43.7 Å². The predicted molar refractivity (Wildman–Crippen MR) is 155 cm³/mol. The highest BCUT2D eigenvalue weighted by Crippen LogP contribution is 2.38. The number of aromatic nitrogens is 2. The molecule has 0 aliphatic rings. The van der Waals surface area contributed by atoms with Gasteiger partial charge in [-0.1, -0.05) is 37.3 Å². The van der Waals surface area contributed by atoms with E-state index in [-0.39, 0.29) is 11.8 Å². The Morgan fingerprint density at radius 2 is 1.44 bits per heavy atom. The third kappa shape index (κ3) is 7.20. The Kier molecular flexibility index (Phi) is 9.01. The van der Waals surface area contributed by atoms with Gasteiger partial charge in [0.1, 0.15) is 10.7 Å². The fourth-order valence-electron chi connectivity index (χ4n) is 4.26. The fraction of sp³-hybridized carbons (Fsp3) is 0.241. The van der Waals surface area contributed by atoms with Crippen LogP contribution in [0.4, 0.5) is 31.3 Å². The molecule has 41 heavy (non-hydrogen) atoms. The van der Waals surface area contributed by atoms with Gasteiger partial charge in [-0.15, -0.1) is 34.3 Å². The molecule has 0 amide bonds. The highest BCUT2D eigenvalue weighted by molar-refractivity contribution is 7.18. The normalized spacial score (nSPS) is 12.7. The van der Waals surface area contributed by atoms with Crippen LogP contribution in [0.25, 0.3) is 21.5 Å². The lowest BCUT2D eigenvalue weighted by molar-refractivity contribution is -0.138. The summed E-state index contributed by atoms with van der Waals surface area (Å²) in [4.78, 5) is 11.5. The van der Waals surface area contributed by atoms with Gasteiger partial charge in [-0.25, -0.2) is 9.97 Å². The Balaban J connectivity index is 0.000000191. The van der Waals surface area contributed by atoms with Crippen molar-refractivity contribution in [2.75, 3.05) is 5.73 Å². The Bertz CT molecular complexity index is 1670. The van der Waals surface area contributed by atoms with Crippen LogP contribution in [-0.4, -0.2) is 9.97 Å². The third-order valence-corrected chi connectivity index (χ3v) is 8.32. The zero-order chi connectivity index (χ0) is 30.1. The number of aryl methyl sites for hydroxylation is 2. The number of nitrogens with zero attached hydrogens (tertiary/aromatic N) is 2. The fourth-order valence-corrected chi connectivity index (χ4v) is 6.17. The van der Waals surface area contributed by atoms with E-state index in [2.05, 4.69) is 9.97 Å².